The molecule has 0 saturated heterocycles. The minimum absolute atomic E-state index is 0.0280. The van der Waals surface area contributed by atoms with Crippen molar-refractivity contribution in [3.05, 3.63) is 76.9 Å². The van der Waals surface area contributed by atoms with Gasteiger partial charge < -0.3 is 52.7 Å². The summed E-state index contributed by atoms with van der Waals surface area (Å²) in [4.78, 5) is 59.8. The summed E-state index contributed by atoms with van der Waals surface area (Å²) in [7, 11) is 0. The van der Waals surface area contributed by atoms with Crippen molar-refractivity contribution in [3.8, 4) is 5.75 Å². The van der Waals surface area contributed by atoms with Crippen LogP contribution >= 0.6 is 15.9 Å². The molecule has 20 heteroatoms. The molecule has 0 fully saturated rings. The van der Waals surface area contributed by atoms with Crippen molar-refractivity contribution >= 4 is 102 Å². The van der Waals surface area contributed by atoms with Crippen molar-refractivity contribution < 1.29 is 39.6 Å². The molecule has 3 unspecified atom stereocenters. The normalized spacial score (nSPS) is 12.8. The number of azo groups is 1. The van der Waals surface area contributed by atoms with Crippen molar-refractivity contribution in [2.45, 2.75) is 64.4 Å². The first-order chi connectivity index (χ1) is 28.4. The molecule has 4 aromatic carbocycles. The summed E-state index contributed by atoms with van der Waals surface area (Å²) in [6, 6.07) is 13.2. The smallest absolute Gasteiger partial charge is 0.326 e. The molecule has 5 rings (SSSR count). The summed E-state index contributed by atoms with van der Waals surface area (Å²) < 4.78 is 0. The van der Waals surface area contributed by atoms with E-state index in [0.717, 1.165) is 16.5 Å². The number of amides is 1. The molecule has 60 heavy (non-hydrogen) atoms. The van der Waals surface area contributed by atoms with Crippen molar-refractivity contribution in [2.24, 2.45) is 10.2 Å². The average molecular weight is 887 g/mol. The van der Waals surface area contributed by atoms with Gasteiger partial charge in [0.2, 0.25) is 23.8 Å². The van der Waals surface area contributed by atoms with Crippen molar-refractivity contribution in [1.29, 1.82) is 0 Å². The number of nitrogens with two attached hydrogens (primary N) is 1. The maximum absolute atomic E-state index is 12.8. The number of rotatable bonds is 18. The van der Waals surface area contributed by atoms with E-state index in [0.29, 0.717) is 57.1 Å². The molecule has 0 radical (unpaired) electrons. The second-order valence-corrected chi connectivity index (χ2v) is 15.0. The Labute approximate surface area is 352 Å². The number of nitrogens with one attached hydrogen (secondary N) is 5. The number of aliphatic carboxylic acids is 3. The van der Waals surface area contributed by atoms with Crippen LogP contribution in [0.5, 0.6) is 5.75 Å². The summed E-state index contributed by atoms with van der Waals surface area (Å²) in [5.74, 6) is -4.46. The zero-order valence-electron chi connectivity index (χ0n) is 33.2. The molecule has 314 valence electrons. The number of benzene rings is 4. The number of aromatic hydroxyl groups is 1. The van der Waals surface area contributed by atoms with Gasteiger partial charge in [0.05, 0.1) is 23.2 Å². The van der Waals surface area contributed by atoms with Gasteiger partial charge in [-0.15, -0.1) is 5.11 Å². The Kier molecular flexibility index (Phi) is 14.1. The Hall–Kier alpha value is -6.93. The number of nitrogens with zero attached hydrogens (tertiary/aromatic N) is 5. The molecular weight excluding hydrogens is 842 g/mol. The molecule has 0 aliphatic carbocycles. The average Bonchev–Trinajstić information content (AvgIpc) is 3.16. The first kappa shape index (κ1) is 44.2. The Morgan fingerprint density at radius 1 is 0.783 bits per heavy atom. The van der Waals surface area contributed by atoms with E-state index >= 15 is 0 Å². The number of fused-ring (bicyclic) bond motifs is 1. The van der Waals surface area contributed by atoms with E-state index in [1.54, 1.807) is 63.2 Å². The molecule has 0 aliphatic heterocycles. The maximum Gasteiger partial charge on any atom is 0.326 e. The van der Waals surface area contributed by atoms with Gasteiger partial charge in [-0.25, -0.2) is 4.79 Å². The fourth-order valence-corrected chi connectivity index (χ4v) is 6.33. The number of phenolic OH excluding ortho intramolecular Hbond substituents is 1. The van der Waals surface area contributed by atoms with E-state index in [9.17, 15) is 39.6 Å². The van der Waals surface area contributed by atoms with E-state index in [-0.39, 0.29) is 30.1 Å². The molecule has 0 spiro atoms. The van der Waals surface area contributed by atoms with E-state index in [1.165, 1.54) is 0 Å². The van der Waals surface area contributed by atoms with E-state index in [4.69, 9.17) is 5.73 Å². The molecule has 1 aromatic heterocycles. The minimum atomic E-state index is -1.57. The summed E-state index contributed by atoms with van der Waals surface area (Å²) in [5, 5.41) is 63.5. The molecule has 1 amide bonds. The lowest BCUT2D eigenvalue weighted by atomic mass is 10.0. The van der Waals surface area contributed by atoms with Crippen molar-refractivity contribution in [3.63, 3.8) is 0 Å². The van der Waals surface area contributed by atoms with Gasteiger partial charge in [-0.2, -0.15) is 20.1 Å². The number of alkyl halides is 1. The number of halogens is 1. The third-order valence-electron chi connectivity index (χ3n) is 9.18. The first-order valence-corrected chi connectivity index (χ1v) is 19.4. The van der Waals surface area contributed by atoms with Gasteiger partial charge in [0, 0.05) is 23.6 Å². The maximum atomic E-state index is 12.8. The monoisotopic (exact) mass is 885 g/mol. The zero-order valence-corrected chi connectivity index (χ0v) is 34.7. The first-order valence-electron chi connectivity index (χ1n) is 18.5. The molecule has 0 aliphatic rings. The third kappa shape index (κ3) is 11.2. The van der Waals surface area contributed by atoms with Gasteiger partial charge in [0.15, 0.2) is 0 Å². The highest BCUT2D eigenvalue weighted by Crippen LogP contribution is 2.41. The standard InChI is InChI=1S/C40H44BrN11O8/c1-6-26(36(57)58)43-17-25(41)35(56)44-23-7-9-27(19(3)14-23)46-39-48-38(49-40(50-39)47-29(37(59)60)16-31(54)55)45-24-8-10-28(20(4)15-24)51-52-34-32-22(13-21(5)33(34)42)11-18(2)12-30(32)53/h7-15,25-26,29,43,53H,6,16-17,42H2,1-5H3,(H,44,56)(H,54,55)(H,57,58)(H,59,60)(H3,45,46,47,48,49,50). The number of carboxylic acid groups (broad SMARTS) is 3. The molecule has 11 N–H and O–H groups in total. The fourth-order valence-electron chi connectivity index (χ4n) is 6.03. The molecule has 0 saturated carbocycles. The van der Waals surface area contributed by atoms with Crippen LogP contribution in [0, 0.1) is 27.7 Å². The van der Waals surface area contributed by atoms with E-state index in [1.807, 2.05) is 26.0 Å². The number of anilines is 7. The Bertz CT molecular complexity index is 2500. The number of hydrogen-bond donors (Lipinski definition) is 10. The molecule has 19 nitrogen and oxygen atoms in total. The predicted octanol–water partition coefficient (Wildman–Crippen LogP) is 6.94. The van der Waals surface area contributed by atoms with E-state index < -0.39 is 47.1 Å². The van der Waals surface area contributed by atoms with Crippen molar-refractivity contribution in [1.82, 2.24) is 20.3 Å². The molecule has 3 atom stereocenters. The molecule has 0 bridgehead atoms. The number of aryl methyl sites for hydroxylation is 4. The van der Waals surface area contributed by atoms with Crippen LogP contribution in [0.25, 0.3) is 10.8 Å². The lowest BCUT2D eigenvalue weighted by molar-refractivity contribution is -0.144. The summed E-state index contributed by atoms with van der Waals surface area (Å²) >= 11 is 3.30. The number of carbonyl (C=O) groups is 4. The number of carbonyl (C=O) groups excluding carboxylic acids is 1. The SMILES string of the molecule is CCC(NCC(Br)C(=O)Nc1ccc(Nc2nc(Nc3ccc(N=Nc4c(N)c(C)cc5cc(C)cc(O)c45)c(C)c3)nc(NC(CC(=O)O)C(=O)O)n2)c(C)c1)C(=O)O. The molecular formula is C40H44BrN11O8. The highest BCUT2D eigenvalue weighted by Gasteiger charge is 2.24. The zero-order chi connectivity index (χ0) is 43.8. The number of hydrogen-bond acceptors (Lipinski definition) is 15. The fraction of sp³-hybridized carbons (Fsp3) is 0.275. The summed E-state index contributed by atoms with van der Waals surface area (Å²) in [5.41, 5.74) is 12.1. The molecule has 5 aromatic rings. The quantitative estimate of drug-likeness (QED) is 0.0242. The Morgan fingerprint density at radius 3 is 2.07 bits per heavy atom. The van der Waals surface area contributed by atoms with Crippen molar-refractivity contribution in [2.75, 3.05) is 33.5 Å². The van der Waals surface area contributed by atoms with Crippen LogP contribution in [0.1, 0.15) is 42.0 Å². The van der Waals surface area contributed by atoms with Crippen LogP contribution in [0.3, 0.4) is 0 Å². The van der Waals surface area contributed by atoms with Crippen LogP contribution in [-0.2, 0) is 19.2 Å². The Balaban J connectivity index is 1.38. The summed E-state index contributed by atoms with van der Waals surface area (Å²) in [6.45, 7) is 9.10. The topological polar surface area (TPSA) is 299 Å². The van der Waals surface area contributed by atoms with Crippen LogP contribution < -0.4 is 32.3 Å². The highest BCUT2D eigenvalue weighted by molar-refractivity contribution is 9.10. The lowest BCUT2D eigenvalue weighted by Gasteiger charge is -2.17. The van der Waals surface area contributed by atoms with Crippen LogP contribution in [0.4, 0.5) is 52.0 Å². The lowest BCUT2D eigenvalue weighted by Crippen LogP contribution is -2.42. The minimum Gasteiger partial charge on any atom is -0.507 e. The predicted molar refractivity (Wildman–Crippen MR) is 231 cm³/mol. The second kappa shape index (κ2) is 19.2. The number of aromatic nitrogens is 3. The Morgan fingerprint density at radius 2 is 1.43 bits per heavy atom. The van der Waals surface area contributed by atoms with Gasteiger partial charge in [-0.05, 0) is 110 Å². The van der Waals surface area contributed by atoms with Gasteiger partial charge in [0.25, 0.3) is 0 Å². The summed E-state index contributed by atoms with van der Waals surface area (Å²) in [6.07, 6.45) is -0.414. The van der Waals surface area contributed by atoms with E-state index in [2.05, 4.69) is 67.7 Å². The van der Waals surface area contributed by atoms with Gasteiger partial charge in [0.1, 0.15) is 28.3 Å². The number of phenols is 1. The van der Waals surface area contributed by atoms with Gasteiger partial charge in [-0.1, -0.05) is 28.9 Å². The van der Waals surface area contributed by atoms with Gasteiger partial charge in [-0.3, -0.25) is 14.4 Å². The second-order valence-electron chi connectivity index (χ2n) is 13.9. The number of nitrogen functional groups attached to an aromatic ring is 1. The van der Waals surface area contributed by atoms with Crippen LogP contribution in [0.15, 0.2) is 64.8 Å². The number of carboxylic acids is 3. The highest BCUT2D eigenvalue weighted by atomic mass is 79.9. The van der Waals surface area contributed by atoms with Crippen LogP contribution in [-0.4, -0.2) is 82.6 Å². The largest absolute Gasteiger partial charge is 0.507 e. The third-order valence-corrected chi connectivity index (χ3v) is 9.92. The van der Waals surface area contributed by atoms with Crippen LogP contribution in [0.2, 0.25) is 0 Å². The van der Waals surface area contributed by atoms with Gasteiger partial charge >= 0.3 is 17.9 Å². The molecule has 1 heterocycles.